The number of piperazine rings is 1. The molecular weight excluding hydrogens is 610 g/mol. The van der Waals surface area contributed by atoms with Crippen molar-refractivity contribution >= 4 is 34.1 Å². The second kappa shape index (κ2) is 13.1. The summed E-state index contributed by atoms with van der Waals surface area (Å²) in [5.41, 5.74) is 0.601. The van der Waals surface area contributed by atoms with E-state index in [1.807, 2.05) is 25.1 Å². The highest BCUT2D eigenvalue weighted by Crippen LogP contribution is 2.39. The van der Waals surface area contributed by atoms with E-state index in [2.05, 4.69) is 22.1 Å². The summed E-state index contributed by atoms with van der Waals surface area (Å²) in [6.45, 7) is 6.86. The normalized spacial score (nSPS) is 15.4. The van der Waals surface area contributed by atoms with Crippen LogP contribution in [0.1, 0.15) is 60.1 Å². The van der Waals surface area contributed by atoms with Crippen molar-refractivity contribution in [2.24, 2.45) is 0 Å². The summed E-state index contributed by atoms with van der Waals surface area (Å²) >= 11 is 0. The van der Waals surface area contributed by atoms with Crippen LogP contribution in [-0.4, -0.2) is 62.8 Å². The maximum Gasteiger partial charge on any atom is 0.341 e. The van der Waals surface area contributed by atoms with Crippen LogP contribution < -0.4 is 26.9 Å². The van der Waals surface area contributed by atoms with Gasteiger partial charge in [-0.1, -0.05) is 13.0 Å². The van der Waals surface area contributed by atoms with E-state index in [4.69, 9.17) is 0 Å². The molecule has 6 rings (SSSR count). The molecule has 2 aliphatic rings. The molecule has 1 aliphatic heterocycles. The van der Waals surface area contributed by atoms with Crippen molar-refractivity contribution in [3.05, 3.63) is 95.9 Å². The quantitative estimate of drug-likeness (QED) is 0.204. The lowest BCUT2D eigenvalue weighted by Gasteiger charge is -2.36. The lowest BCUT2D eigenvalue weighted by molar-refractivity contribution is 0.0694. The van der Waals surface area contributed by atoms with Crippen molar-refractivity contribution in [2.75, 3.05) is 42.9 Å². The average molecular weight is 649 g/mol. The molecule has 4 aromatic rings. The number of nitrogens with zero attached hydrogens (tertiary/aromatic N) is 4. The van der Waals surface area contributed by atoms with Crippen LogP contribution in [0.2, 0.25) is 0 Å². The first-order valence-corrected chi connectivity index (χ1v) is 16.0. The first-order valence-electron chi connectivity index (χ1n) is 16.0. The predicted octanol–water partition coefficient (Wildman–Crippen LogP) is 4.38. The van der Waals surface area contributed by atoms with E-state index in [1.54, 1.807) is 4.90 Å². The Morgan fingerprint density at radius 3 is 2.40 bits per heavy atom. The smallest absolute Gasteiger partial charge is 0.341 e. The Morgan fingerprint density at radius 2 is 1.74 bits per heavy atom. The van der Waals surface area contributed by atoms with Gasteiger partial charge in [-0.3, -0.25) is 24.0 Å². The SMILES string of the molecule is CCc1cc(Nc2cc(=O)n(CCCCN3CCN(c4c(F)cc5c(=O)c(C(=O)O)cn(C6CC6)c5c4F)CC3)c(=O)[nH]2)ccc1C. The molecule has 1 saturated carbocycles. The first-order chi connectivity index (χ1) is 22.5. The Morgan fingerprint density at radius 1 is 1.02 bits per heavy atom. The fraction of sp³-hybridized carbons (Fsp3) is 0.412. The van der Waals surface area contributed by atoms with Gasteiger partial charge in [0.05, 0.1) is 10.9 Å². The minimum absolute atomic E-state index is 0.0591. The Kier molecular flexibility index (Phi) is 9.00. The van der Waals surface area contributed by atoms with E-state index >= 15 is 8.78 Å². The zero-order valence-electron chi connectivity index (χ0n) is 26.4. The first kappa shape index (κ1) is 32.2. The molecular formula is C34H38F2N6O5. The van der Waals surface area contributed by atoms with Crippen molar-refractivity contribution in [2.45, 2.75) is 58.5 Å². The second-order valence-corrected chi connectivity index (χ2v) is 12.4. The van der Waals surface area contributed by atoms with Gasteiger partial charge in [0.25, 0.3) is 5.56 Å². The number of aromatic carboxylic acids is 1. The molecule has 2 aromatic carbocycles. The molecule has 11 nitrogen and oxygen atoms in total. The highest BCUT2D eigenvalue weighted by molar-refractivity contribution is 5.94. The van der Waals surface area contributed by atoms with E-state index in [0.717, 1.165) is 31.0 Å². The average Bonchev–Trinajstić information content (AvgIpc) is 3.88. The number of fused-ring (bicyclic) bond motifs is 1. The number of rotatable bonds is 11. The molecule has 0 atom stereocenters. The Labute approximate surface area is 269 Å². The highest BCUT2D eigenvalue weighted by atomic mass is 19.1. The van der Waals surface area contributed by atoms with Gasteiger partial charge in [-0.15, -0.1) is 0 Å². The predicted molar refractivity (Wildman–Crippen MR) is 176 cm³/mol. The zero-order valence-corrected chi connectivity index (χ0v) is 26.4. The molecule has 13 heteroatoms. The van der Waals surface area contributed by atoms with Gasteiger partial charge in [0.2, 0.25) is 5.43 Å². The van der Waals surface area contributed by atoms with Crippen LogP contribution in [0.4, 0.5) is 26.0 Å². The summed E-state index contributed by atoms with van der Waals surface area (Å²) in [6, 6.07) is 8.11. The molecule has 3 N–H and O–H groups in total. The number of aromatic amines is 1. The van der Waals surface area contributed by atoms with Crippen LogP contribution in [0.15, 0.2) is 50.9 Å². The molecule has 248 valence electrons. The van der Waals surface area contributed by atoms with Gasteiger partial charge in [0.15, 0.2) is 5.82 Å². The van der Waals surface area contributed by atoms with Gasteiger partial charge >= 0.3 is 11.7 Å². The number of hydrogen-bond donors (Lipinski definition) is 3. The number of aryl methyl sites for hydroxylation is 2. The second-order valence-electron chi connectivity index (χ2n) is 12.4. The van der Waals surface area contributed by atoms with E-state index in [1.165, 1.54) is 32.5 Å². The number of H-pyrrole nitrogens is 1. The summed E-state index contributed by atoms with van der Waals surface area (Å²) in [7, 11) is 0. The number of unbranched alkanes of at least 4 members (excludes halogenated alkanes) is 1. The number of carboxylic acids is 1. The summed E-state index contributed by atoms with van der Waals surface area (Å²) in [6.07, 6.45) is 4.81. The summed E-state index contributed by atoms with van der Waals surface area (Å²) in [5.74, 6) is -2.84. The van der Waals surface area contributed by atoms with Crippen LogP contribution in [0.25, 0.3) is 10.9 Å². The van der Waals surface area contributed by atoms with Gasteiger partial charge in [-0.2, -0.15) is 0 Å². The number of carboxylic acid groups (broad SMARTS) is 1. The number of pyridine rings is 1. The van der Waals surface area contributed by atoms with Crippen LogP contribution in [-0.2, 0) is 13.0 Å². The van der Waals surface area contributed by atoms with Gasteiger partial charge in [0, 0.05) is 56.7 Å². The van der Waals surface area contributed by atoms with Gasteiger partial charge in [-0.25, -0.2) is 18.4 Å². The standard InChI is InChI=1S/C34H38F2N6O5/c1-3-21-16-22(7-6-20(21)2)37-27-18-28(43)41(34(47)38-27)11-5-4-10-39-12-14-40(15-13-39)31-26(35)17-24-30(29(31)36)42(23-8-9-23)19-25(32(24)44)33(45)46/h6-7,16-19,23,37H,3-5,8-15H2,1-2H3,(H,38,47)(H,45,46). The van der Waals surface area contributed by atoms with Crippen LogP contribution in [0, 0.1) is 18.6 Å². The number of benzene rings is 2. The highest BCUT2D eigenvalue weighted by Gasteiger charge is 2.31. The van der Waals surface area contributed by atoms with Crippen LogP contribution in [0.3, 0.4) is 0 Å². The largest absolute Gasteiger partial charge is 0.477 e. The van der Waals surface area contributed by atoms with Crippen molar-refractivity contribution in [1.29, 1.82) is 0 Å². The number of anilines is 3. The molecule has 2 fully saturated rings. The van der Waals surface area contributed by atoms with Gasteiger partial charge in [0.1, 0.15) is 22.9 Å². The molecule has 47 heavy (non-hydrogen) atoms. The van der Waals surface area contributed by atoms with E-state index < -0.39 is 39.8 Å². The molecule has 0 radical (unpaired) electrons. The molecule has 0 amide bonds. The minimum Gasteiger partial charge on any atom is -0.477 e. The van der Waals surface area contributed by atoms with Crippen molar-refractivity contribution in [1.82, 2.24) is 19.0 Å². The number of hydrogen-bond acceptors (Lipinski definition) is 7. The Balaban J connectivity index is 1.06. The third-order valence-corrected chi connectivity index (χ3v) is 9.18. The topological polar surface area (TPSA) is 133 Å². The fourth-order valence-corrected chi connectivity index (χ4v) is 6.40. The van der Waals surface area contributed by atoms with Gasteiger partial charge < -0.3 is 19.9 Å². The summed E-state index contributed by atoms with van der Waals surface area (Å²) < 4.78 is 33.9. The maximum atomic E-state index is 16.0. The van der Waals surface area contributed by atoms with Crippen molar-refractivity contribution < 1.29 is 18.7 Å². The molecule has 3 heterocycles. The monoisotopic (exact) mass is 648 g/mol. The van der Waals surface area contributed by atoms with Crippen LogP contribution >= 0.6 is 0 Å². The lowest BCUT2D eigenvalue weighted by atomic mass is 10.1. The summed E-state index contributed by atoms with van der Waals surface area (Å²) in [4.78, 5) is 56.4. The summed E-state index contributed by atoms with van der Waals surface area (Å²) in [5, 5.41) is 12.3. The maximum absolute atomic E-state index is 16.0. The Hall–Kier alpha value is -4.78. The molecule has 0 spiro atoms. The van der Waals surface area contributed by atoms with Crippen molar-refractivity contribution in [3.8, 4) is 0 Å². The number of carbonyl (C=O) groups is 1. The van der Waals surface area contributed by atoms with Crippen LogP contribution in [0.5, 0.6) is 0 Å². The zero-order chi connectivity index (χ0) is 33.4. The number of aromatic nitrogens is 3. The van der Waals surface area contributed by atoms with Gasteiger partial charge in [-0.05, 0) is 74.9 Å². The molecule has 0 bridgehead atoms. The molecule has 1 saturated heterocycles. The molecule has 1 aliphatic carbocycles. The molecule has 0 unspecified atom stereocenters. The third kappa shape index (κ3) is 6.57. The van der Waals surface area contributed by atoms with E-state index in [0.29, 0.717) is 51.4 Å². The van der Waals surface area contributed by atoms with Crippen molar-refractivity contribution in [3.63, 3.8) is 0 Å². The number of nitrogens with one attached hydrogen (secondary N) is 2. The minimum atomic E-state index is -1.43. The van der Waals surface area contributed by atoms with E-state index in [9.17, 15) is 24.3 Å². The number of halogens is 2. The lowest BCUT2D eigenvalue weighted by Crippen LogP contribution is -2.47. The third-order valence-electron chi connectivity index (χ3n) is 9.18. The fourth-order valence-electron chi connectivity index (χ4n) is 6.40. The van der Waals surface area contributed by atoms with E-state index in [-0.39, 0.29) is 29.2 Å². The Bertz CT molecular complexity index is 1990. The molecule has 2 aromatic heterocycles.